The summed E-state index contributed by atoms with van der Waals surface area (Å²) in [7, 11) is -3.64. The van der Waals surface area contributed by atoms with Crippen LogP contribution < -0.4 is 0 Å². The molecule has 33 heavy (non-hydrogen) atoms. The van der Waals surface area contributed by atoms with Gasteiger partial charge in [-0.1, -0.05) is 44.2 Å². The van der Waals surface area contributed by atoms with Crippen molar-refractivity contribution < 1.29 is 22.7 Å². The smallest absolute Gasteiger partial charge is 0.320 e. The third kappa shape index (κ3) is 6.52. The van der Waals surface area contributed by atoms with Gasteiger partial charge < -0.3 is 9.64 Å². The largest absolute Gasteiger partial charge is 0.465 e. The lowest BCUT2D eigenvalue weighted by atomic mass is 10.1. The summed E-state index contributed by atoms with van der Waals surface area (Å²) in [4.78, 5) is 28.5. The number of piperazine rings is 1. The lowest BCUT2D eigenvalue weighted by Crippen LogP contribution is -2.53. The normalized spacial score (nSPS) is 15.4. The van der Waals surface area contributed by atoms with E-state index in [1.165, 1.54) is 4.31 Å². The molecule has 1 fully saturated rings. The van der Waals surface area contributed by atoms with Crippen molar-refractivity contribution in [2.45, 2.75) is 25.7 Å². The van der Waals surface area contributed by atoms with Gasteiger partial charge in [-0.3, -0.25) is 14.5 Å². The molecule has 1 aliphatic rings. The van der Waals surface area contributed by atoms with Gasteiger partial charge in [0.25, 0.3) is 0 Å². The summed E-state index contributed by atoms with van der Waals surface area (Å²) in [5.41, 5.74) is 0. The fraction of sp³-hybridized carbons (Fsp3) is 0.500. The molecule has 0 N–H and O–H groups in total. The fourth-order valence-corrected chi connectivity index (χ4v) is 5.49. The van der Waals surface area contributed by atoms with Crippen LogP contribution in [0.3, 0.4) is 0 Å². The van der Waals surface area contributed by atoms with Gasteiger partial charge in [0.15, 0.2) is 0 Å². The Morgan fingerprint density at radius 2 is 1.67 bits per heavy atom. The first-order valence-electron chi connectivity index (χ1n) is 11.4. The molecule has 0 aromatic heterocycles. The molecule has 1 saturated heterocycles. The van der Waals surface area contributed by atoms with E-state index < -0.39 is 10.0 Å². The Balaban J connectivity index is 1.61. The topological polar surface area (TPSA) is 87.2 Å². The van der Waals surface area contributed by atoms with Gasteiger partial charge >= 0.3 is 5.97 Å². The molecule has 0 radical (unpaired) electrons. The van der Waals surface area contributed by atoms with Gasteiger partial charge in [0.2, 0.25) is 15.9 Å². The second kappa shape index (κ2) is 11.1. The van der Waals surface area contributed by atoms with Crippen molar-refractivity contribution in [3.05, 3.63) is 42.5 Å². The molecule has 0 spiro atoms. The lowest BCUT2D eigenvalue weighted by molar-refractivity contribution is -0.145. The summed E-state index contributed by atoms with van der Waals surface area (Å²) in [6, 6.07) is 12.8. The van der Waals surface area contributed by atoms with Crippen LogP contribution in [-0.4, -0.2) is 86.8 Å². The predicted octanol–water partition coefficient (Wildman–Crippen LogP) is 2.19. The molecule has 0 bridgehead atoms. The van der Waals surface area contributed by atoms with Crippen molar-refractivity contribution in [1.29, 1.82) is 0 Å². The molecule has 0 atom stereocenters. The van der Waals surface area contributed by atoms with Crippen LogP contribution in [0.1, 0.15) is 20.8 Å². The van der Waals surface area contributed by atoms with E-state index in [1.807, 2.05) is 44.2 Å². The maximum absolute atomic E-state index is 13.2. The first-order valence-corrected chi connectivity index (χ1v) is 12.8. The zero-order valence-corrected chi connectivity index (χ0v) is 20.4. The number of carbonyl (C=O) groups is 2. The van der Waals surface area contributed by atoms with Crippen LogP contribution in [0.5, 0.6) is 0 Å². The van der Waals surface area contributed by atoms with E-state index in [0.29, 0.717) is 26.2 Å². The minimum absolute atomic E-state index is 0.0636. The zero-order valence-electron chi connectivity index (χ0n) is 19.6. The molecule has 1 aliphatic heterocycles. The van der Waals surface area contributed by atoms with Crippen LogP contribution in [-0.2, 0) is 24.3 Å². The first kappa shape index (κ1) is 25.1. The van der Waals surface area contributed by atoms with Gasteiger partial charge in [0.05, 0.1) is 24.6 Å². The standard InChI is InChI=1S/C24H33N3O5S/c1-4-32-24(29)18-25(16-19(2)3)17-23(28)26-11-13-27(14-12-26)33(30,31)22-10-9-20-7-5-6-8-21(20)15-22/h5-10,15,19H,4,11-14,16-18H2,1-3H3. The highest BCUT2D eigenvalue weighted by molar-refractivity contribution is 7.89. The Morgan fingerprint density at radius 1 is 1.00 bits per heavy atom. The highest BCUT2D eigenvalue weighted by atomic mass is 32.2. The van der Waals surface area contributed by atoms with Crippen LogP contribution in [0.2, 0.25) is 0 Å². The number of amides is 1. The average molecular weight is 476 g/mol. The third-order valence-corrected chi connectivity index (χ3v) is 7.48. The molecule has 0 saturated carbocycles. The monoisotopic (exact) mass is 475 g/mol. The van der Waals surface area contributed by atoms with Crippen molar-refractivity contribution in [3.63, 3.8) is 0 Å². The highest BCUT2D eigenvalue weighted by Gasteiger charge is 2.31. The summed E-state index contributed by atoms with van der Waals surface area (Å²) >= 11 is 0. The van der Waals surface area contributed by atoms with Crippen LogP contribution in [0.4, 0.5) is 0 Å². The second-order valence-corrected chi connectivity index (χ2v) is 10.6. The number of nitrogens with zero attached hydrogens (tertiary/aromatic N) is 3. The maximum Gasteiger partial charge on any atom is 0.320 e. The molecule has 1 heterocycles. The van der Waals surface area contributed by atoms with E-state index in [9.17, 15) is 18.0 Å². The van der Waals surface area contributed by atoms with E-state index >= 15 is 0 Å². The highest BCUT2D eigenvalue weighted by Crippen LogP contribution is 2.23. The molecule has 180 valence electrons. The fourth-order valence-electron chi connectivity index (χ4n) is 4.04. The van der Waals surface area contributed by atoms with Crippen molar-refractivity contribution in [3.8, 4) is 0 Å². The van der Waals surface area contributed by atoms with Crippen molar-refractivity contribution in [2.75, 3.05) is 52.4 Å². The number of rotatable bonds is 9. The van der Waals surface area contributed by atoms with E-state index in [1.54, 1.807) is 28.9 Å². The summed E-state index contributed by atoms with van der Waals surface area (Å²) in [5, 5.41) is 1.86. The van der Waals surface area contributed by atoms with Crippen LogP contribution >= 0.6 is 0 Å². The molecule has 0 unspecified atom stereocenters. The van der Waals surface area contributed by atoms with Gasteiger partial charge in [-0.05, 0) is 35.7 Å². The number of fused-ring (bicyclic) bond motifs is 1. The van der Waals surface area contributed by atoms with Gasteiger partial charge in [0, 0.05) is 32.7 Å². The van der Waals surface area contributed by atoms with Crippen molar-refractivity contribution in [2.24, 2.45) is 5.92 Å². The van der Waals surface area contributed by atoms with Crippen LogP contribution in [0, 0.1) is 5.92 Å². The van der Waals surface area contributed by atoms with Gasteiger partial charge in [-0.2, -0.15) is 4.31 Å². The number of hydrogen-bond donors (Lipinski definition) is 0. The van der Waals surface area contributed by atoms with E-state index in [4.69, 9.17) is 4.74 Å². The van der Waals surface area contributed by atoms with Gasteiger partial charge in [-0.15, -0.1) is 0 Å². The third-order valence-electron chi connectivity index (χ3n) is 5.59. The number of sulfonamides is 1. The lowest BCUT2D eigenvalue weighted by Gasteiger charge is -2.35. The molecule has 0 aliphatic carbocycles. The molecule has 1 amide bonds. The average Bonchev–Trinajstić information content (AvgIpc) is 2.78. The molecule has 3 rings (SSSR count). The number of esters is 1. The van der Waals surface area contributed by atoms with Gasteiger partial charge in [0.1, 0.15) is 0 Å². The Bertz CT molecular complexity index is 1080. The molecule has 2 aromatic rings. The summed E-state index contributed by atoms with van der Waals surface area (Å²) in [6.07, 6.45) is 0. The minimum atomic E-state index is -3.64. The predicted molar refractivity (Wildman–Crippen MR) is 127 cm³/mol. The SMILES string of the molecule is CCOC(=O)CN(CC(=O)N1CCN(S(=O)(=O)c2ccc3ccccc3c2)CC1)CC(C)C. The summed E-state index contributed by atoms with van der Waals surface area (Å²) in [5.74, 6) is -0.170. The molecule has 9 heteroatoms. The summed E-state index contributed by atoms with van der Waals surface area (Å²) < 4.78 is 32.8. The Morgan fingerprint density at radius 3 is 2.30 bits per heavy atom. The molecular weight excluding hydrogens is 442 g/mol. The van der Waals surface area contributed by atoms with Crippen LogP contribution in [0.25, 0.3) is 10.8 Å². The maximum atomic E-state index is 13.2. The number of ether oxygens (including phenoxy) is 1. The number of hydrogen-bond acceptors (Lipinski definition) is 6. The van der Waals surface area contributed by atoms with Gasteiger partial charge in [-0.25, -0.2) is 8.42 Å². The molecule has 2 aromatic carbocycles. The van der Waals surface area contributed by atoms with Crippen molar-refractivity contribution in [1.82, 2.24) is 14.1 Å². The van der Waals surface area contributed by atoms with E-state index in [-0.39, 0.29) is 48.9 Å². The first-order chi connectivity index (χ1) is 15.7. The summed E-state index contributed by atoms with van der Waals surface area (Å²) in [6.45, 7) is 7.99. The Kier molecular flexibility index (Phi) is 8.45. The van der Waals surface area contributed by atoms with Crippen LogP contribution in [0.15, 0.2) is 47.4 Å². The molecular formula is C24H33N3O5S. The quantitative estimate of drug-likeness (QED) is 0.517. The van der Waals surface area contributed by atoms with Crippen molar-refractivity contribution >= 4 is 32.7 Å². The van der Waals surface area contributed by atoms with E-state index in [0.717, 1.165) is 10.8 Å². The number of benzene rings is 2. The Hall–Kier alpha value is -2.49. The minimum Gasteiger partial charge on any atom is -0.465 e. The van der Waals surface area contributed by atoms with E-state index in [2.05, 4.69) is 0 Å². The Labute approximate surface area is 196 Å². The number of carbonyl (C=O) groups excluding carboxylic acids is 2. The second-order valence-electron chi connectivity index (χ2n) is 8.66. The zero-order chi connectivity index (χ0) is 24.0. The molecule has 8 nitrogen and oxygen atoms in total.